The van der Waals surface area contributed by atoms with Gasteiger partial charge >= 0.3 is 0 Å². The van der Waals surface area contributed by atoms with E-state index in [-0.39, 0.29) is 5.41 Å². The maximum absolute atomic E-state index is 2.49. The van der Waals surface area contributed by atoms with E-state index in [1.807, 2.05) is 0 Å². The van der Waals surface area contributed by atoms with Gasteiger partial charge in [0.05, 0.1) is 16.9 Å². The van der Waals surface area contributed by atoms with Crippen LogP contribution in [0.25, 0.3) is 82.8 Å². The predicted molar refractivity (Wildman–Crippen MR) is 267 cm³/mol. The van der Waals surface area contributed by atoms with Gasteiger partial charge in [-0.2, -0.15) is 0 Å². The Morgan fingerprint density at radius 3 is 1.73 bits per heavy atom. The van der Waals surface area contributed by atoms with E-state index in [4.69, 9.17) is 0 Å². The minimum absolute atomic E-state index is 0.117. The molecule has 63 heavy (non-hydrogen) atoms. The van der Waals surface area contributed by atoms with Crippen molar-refractivity contribution in [3.05, 3.63) is 242 Å². The van der Waals surface area contributed by atoms with Crippen molar-refractivity contribution < 1.29 is 0 Å². The van der Waals surface area contributed by atoms with Gasteiger partial charge in [0.1, 0.15) is 0 Å². The summed E-state index contributed by atoms with van der Waals surface area (Å²) in [7, 11) is 0. The highest BCUT2D eigenvalue weighted by molar-refractivity contribution is 6.20. The monoisotopic (exact) mass is 804 g/mol. The van der Waals surface area contributed by atoms with Gasteiger partial charge in [-0.1, -0.05) is 196 Å². The maximum Gasteiger partial charge on any atom is 0.0620 e. The largest absolute Gasteiger partial charge is 0.310 e. The van der Waals surface area contributed by atoms with Gasteiger partial charge in [-0.05, 0) is 104 Å². The number of nitrogens with zero attached hydrogens (tertiary/aromatic N) is 2. The summed E-state index contributed by atoms with van der Waals surface area (Å²) in [6.07, 6.45) is 0. The molecule has 1 aromatic heterocycles. The number of aromatic nitrogens is 1. The van der Waals surface area contributed by atoms with E-state index >= 15 is 0 Å². The molecule has 0 spiro atoms. The fourth-order valence-electron chi connectivity index (χ4n) is 10.4. The Balaban J connectivity index is 1.08. The van der Waals surface area contributed by atoms with Crippen LogP contribution in [0.3, 0.4) is 0 Å². The molecular formula is C61H44N2. The number of fused-ring (bicyclic) bond motifs is 7. The van der Waals surface area contributed by atoms with Crippen LogP contribution < -0.4 is 4.90 Å². The fraction of sp³-hybridized carbons (Fsp3) is 0.0492. The van der Waals surface area contributed by atoms with Crippen LogP contribution >= 0.6 is 0 Å². The molecule has 0 radical (unpaired) electrons. The minimum atomic E-state index is -0.117. The number of benzene rings is 10. The second-order valence-electron chi connectivity index (χ2n) is 17.3. The van der Waals surface area contributed by atoms with Gasteiger partial charge in [0.15, 0.2) is 0 Å². The van der Waals surface area contributed by atoms with Gasteiger partial charge in [-0.25, -0.2) is 0 Å². The van der Waals surface area contributed by atoms with Gasteiger partial charge in [-0.3, -0.25) is 0 Å². The van der Waals surface area contributed by atoms with Crippen molar-refractivity contribution in [3.8, 4) is 50.3 Å². The molecule has 0 unspecified atom stereocenters. The molecule has 0 saturated carbocycles. The smallest absolute Gasteiger partial charge is 0.0620 e. The lowest BCUT2D eigenvalue weighted by molar-refractivity contribution is 0.660. The van der Waals surface area contributed by atoms with Crippen LogP contribution in [0.15, 0.2) is 231 Å². The SMILES string of the molecule is CC1(C)c2ccccc2-c2ccc(N(c3ccc(-c4cc5c(-c6ccccc6)c(-c6ccccc6)n(-c6ccccc6)c5c5ccccc45)cc3)c3cccc4ccccc34)cc21. The van der Waals surface area contributed by atoms with E-state index < -0.39 is 0 Å². The van der Waals surface area contributed by atoms with Crippen LogP contribution in [0.2, 0.25) is 0 Å². The average Bonchev–Trinajstić information content (AvgIpc) is 3.81. The first-order valence-corrected chi connectivity index (χ1v) is 21.9. The van der Waals surface area contributed by atoms with Crippen molar-refractivity contribution in [1.82, 2.24) is 4.57 Å². The summed E-state index contributed by atoms with van der Waals surface area (Å²) in [5.74, 6) is 0. The summed E-state index contributed by atoms with van der Waals surface area (Å²) in [6, 6.07) is 84.6. The van der Waals surface area contributed by atoms with E-state index in [1.165, 1.54) is 88.2 Å². The fourth-order valence-corrected chi connectivity index (χ4v) is 10.4. The molecule has 1 aliphatic carbocycles. The van der Waals surface area contributed by atoms with Crippen molar-refractivity contribution in [2.75, 3.05) is 4.90 Å². The molecule has 0 bridgehead atoms. The van der Waals surface area contributed by atoms with E-state index in [9.17, 15) is 0 Å². The van der Waals surface area contributed by atoms with E-state index in [0.717, 1.165) is 22.7 Å². The topological polar surface area (TPSA) is 8.17 Å². The summed E-state index contributed by atoms with van der Waals surface area (Å²) in [4.78, 5) is 2.45. The molecular weight excluding hydrogens is 761 g/mol. The Morgan fingerprint density at radius 2 is 0.968 bits per heavy atom. The molecule has 0 amide bonds. The summed E-state index contributed by atoms with van der Waals surface area (Å²) >= 11 is 0. The van der Waals surface area contributed by atoms with Crippen molar-refractivity contribution in [2.24, 2.45) is 0 Å². The molecule has 10 aromatic carbocycles. The van der Waals surface area contributed by atoms with Crippen LogP contribution in [0.4, 0.5) is 17.1 Å². The van der Waals surface area contributed by atoms with Gasteiger partial charge in [0.2, 0.25) is 0 Å². The quantitative estimate of drug-likeness (QED) is 0.156. The summed E-state index contributed by atoms with van der Waals surface area (Å²) in [6.45, 7) is 4.72. The van der Waals surface area contributed by atoms with E-state index in [1.54, 1.807) is 0 Å². The maximum atomic E-state index is 2.49. The van der Waals surface area contributed by atoms with Crippen LogP contribution in [0, 0.1) is 0 Å². The van der Waals surface area contributed by atoms with Gasteiger partial charge in [0, 0.05) is 44.2 Å². The second-order valence-corrected chi connectivity index (χ2v) is 17.3. The molecule has 1 aliphatic rings. The highest BCUT2D eigenvalue weighted by atomic mass is 15.1. The number of para-hydroxylation sites is 1. The zero-order valence-electron chi connectivity index (χ0n) is 35.3. The Kier molecular flexibility index (Phi) is 8.55. The van der Waals surface area contributed by atoms with Gasteiger partial charge < -0.3 is 9.47 Å². The number of hydrogen-bond acceptors (Lipinski definition) is 1. The van der Waals surface area contributed by atoms with Gasteiger partial charge in [0.25, 0.3) is 0 Å². The third-order valence-electron chi connectivity index (χ3n) is 13.4. The van der Waals surface area contributed by atoms with Crippen molar-refractivity contribution in [1.29, 1.82) is 0 Å². The zero-order valence-corrected chi connectivity index (χ0v) is 35.3. The summed E-state index contributed by atoms with van der Waals surface area (Å²) < 4.78 is 2.49. The first kappa shape index (κ1) is 36.9. The molecule has 1 heterocycles. The lowest BCUT2D eigenvalue weighted by Crippen LogP contribution is -2.16. The van der Waals surface area contributed by atoms with Crippen molar-refractivity contribution in [2.45, 2.75) is 19.3 Å². The molecule has 2 heteroatoms. The molecule has 0 atom stereocenters. The minimum Gasteiger partial charge on any atom is -0.310 e. The lowest BCUT2D eigenvalue weighted by atomic mass is 9.82. The van der Waals surface area contributed by atoms with Crippen LogP contribution in [-0.4, -0.2) is 4.57 Å². The van der Waals surface area contributed by atoms with Crippen LogP contribution in [0.1, 0.15) is 25.0 Å². The molecule has 2 nitrogen and oxygen atoms in total. The molecule has 0 fully saturated rings. The van der Waals surface area contributed by atoms with Crippen LogP contribution in [-0.2, 0) is 5.41 Å². The molecule has 0 aliphatic heterocycles. The summed E-state index contributed by atoms with van der Waals surface area (Å²) in [5.41, 5.74) is 18.2. The molecule has 12 rings (SSSR count). The average molecular weight is 805 g/mol. The number of hydrogen-bond donors (Lipinski definition) is 0. The van der Waals surface area contributed by atoms with Crippen LogP contribution in [0.5, 0.6) is 0 Å². The van der Waals surface area contributed by atoms with Crippen molar-refractivity contribution >= 4 is 49.5 Å². The Bertz CT molecular complexity index is 3500. The van der Waals surface area contributed by atoms with E-state index in [0.29, 0.717) is 0 Å². The first-order chi connectivity index (χ1) is 31.0. The van der Waals surface area contributed by atoms with Gasteiger partial charge in [-0.15, -0.1) is 0 Å². The molecule has 0 N–H and O–H groups in total. The first-order valence-electron chi connectivity index (χ1n) is 21.9. The number of anilines is 3. The van der Waals surface area contributed by atoms with Crippen molar-refractivity contribution in [3.63, 3.8) is 0 Å². The lowest BCUT2D eigenvalue weighted by Gasteiger charge is -2.29. The van der Waals surface area contributed by atoms with E-state index in [2.05, 4.69) is 254 Å². The Hall–Kier alpha value is -7.94. The highest BCUT2D eigenvalue weighted by Crippen LogP contribution is 2.52. The third kappa shape index (κ3) is 5.86. The normalized spacial score (nSPS) is 12.7. The second kappa shape index (κ2) is 14.6. The predicted octanol–water partition coefficient (Wildman–Crippen LogP) is 16.7. The Labute approximate surface area is 368 Å². The number of rotatable bonds is 7. The summed E-state index contributed by atoms with van der Waals surface area (Å²) in [5, 5.41) is 6.10. The molecule has 11 aromatic rings. The third-order valence-corrected chi connectivity index (χ3v) is 13.4. The zero-order chi connectivity index (χ0) is 42.1. The standard InChI is InChI=1S/C61H44N2/c1-61(2)55-31-17-16-29-50(55)51-38-37-47(39-56(51)61)62(57-32-18-24-41-19-12-13-27-48(41)57)46-35-33-42(34-36-46)53-40-54-58(43-20-6-3-7-21-43)59(44-22-8-4-9-23-44)63(45-25-10-5-11-26-45)60(54)52-30-15-14-28-49(52)53/h3-40H,1-2H3. The molecule has 0 saturated heterocycles. The Morgan fingerprint density at radius 1 is 0.381 bits per heavy atom. The molecule has 298 valence electrons. The highest BCUT2D eigenvalue weighted by Gasteiger charge is 2.36.